The van der Waals surface area contributed by atoms with Crippen molar-refractivity contribution >= 4 is 28.8 Å². The quantitative estimate of drug-likeness (QED) is 0.383. The van der Waals surface area contributed by atoms with Crippen molar-refractivity contribution in [1.82, 2.24) is 0 Å². The number of ether oxygens (including phenoxy) is 2. The fraction of sp³-hybridized carbons (Fsp3) is 0.0625. The minimum atomic E-state index is -0.554. The Labute approximate surface area is 141 Å². The molecule has 0 aromatic heterocycles. The predicted octanol–water partition coefficient (Wildman–Crippen LogP) is 3.79. The number of halogens is 1. The van der Waals surface area contributed by atoms with Crippen LogP contribution >= 0.6 is 11.6 Å². The molecule has 0 atom stereocenters. The van der Waals surface area contributed by atoms with Gasteiger partial charge < -0.3 is 14.8 Å². The molecule has 0 unspecified atom stereocenters. The first kappa shape index (κ1) is 15.8. The highest BCUT2D eigenvalue weighted by atomic mass is 35.5. The van der Waals surface area contributed by atoms with Gasteiger partial charge in [-0.1, -0.05) is 11.6 Å². The van der Waals surface area contributed by atoms with Gasteiger partial charge in [0.05, 0.1) is 4.92 Å². The van der Waals surface area contributed by atoms with Crippen LogP contribution in [0.25, 0.3) is 0 Å². The summed E-state index contributed by atoms with van der Waals surface area (Å²) in [6.45, 7) is 0.130. The van der Waals surface area contributed by atoms with E-state index in [9.17, 15) is 14.9 Å². The molecule has 2 aromatic rings. The number of hydrogen-bond donors (Lipinski definition) is 1. The van der Waals surface area contributed by atoms with Gasteiger partial charge >= 0.3 is 0 Å². The van der Waals surface area contributed by atoms with Crippen molar-refractivity contribution in [3.05, 3.63) is 69.4 Å². The number of ketones is 1. The van der Waals surface area contributed by atoms with Crippen LogP contribution in [0.1, 0.15) is 10.4 Å². The zero-order valence-electron chi connectivity index (χ0n) is 12.2. The highest BCUT2D eigenvalue weighted by Crippen LogP contribution is 2.32. The molecule has 0 saturated heterocycles. The molecule has 0 saturated carbocycles. The number of nitrogens with one attached hydrogen (secondary N) is 1. The van der Waals surface area contributed by atoms with Crippen molar-refractivity contribution < 1.29 is 19.2 Å². The number of nitro benzene ring substituents is 1. The van der Waals surface area contributed by atoms with Gasteiger partial charge in [0.15, 0.2) is 17.3 Å². The molecule has 122 valence electrons. The maximum atomic E-state index is 12.1. The number of nitro groups is 1. The van der Waals surface area contributed by atoms with Crippen LogP contribution in [-0.2, 0) is 0 Å². The summed E-state index contributed by atoms with van der Waals surface area (Å²) >= 11 is 5.75. The van der Waals surface area contributed by atoms with Crippen LogP contribution in [0.4, 0.5) is 11.4 Å². The Bertz CT molecular complexity index is 850. The van der Waals surface area contributed by atoms with Crippen molar-refractivity contribution in [1.29, 1.82) is 0 Å². The van der Waals surface area contributed by atoms with Gasteiger partial charge in [-0.05, 0) is 30.3 Å². The van der Waals surface area contributed by atoms with Gasteiger partial charge in [0.1, 0.15) is 5.69 Å². The molecule has 0 amide bonds. The lowest BCUT2D eigenvalue weighted by atomic mass is 10.1. The first-order chi connectivity index (χ1) is 11.5. The summed E-state index contributed by atoms with van der Waals surface area (Å²) < 4.78 is 10.4. The highest BCUT2D eigenvalue weighted by molar-refractivity contribution is 6.30. The monoisotopic (exact) mass is 346 g/mol. The number of anilines is 1. The summed E-state index contributed by atoms with van der Waals surface area (Å²) in [4.78, 5) is 22.6. The number of fused-ring (bicyclic) bond motifs is 1. The first-order valence-corrected chi connectivity index (χ1v) is 7.23. The van der Waals surface area contributed by atoms with E-state index in [1.807, 2.05) is 0 Å². The SMILES string of the molecule is O=C(/C=C\Nc1ccc(Cl)cc1[N+](=O)[O-])c1ccc2c(c1)OCO2. The maximum absolute atomic E-state index is 12.1. The molecule has 0 bridgehead atoms. The lowest BCUT2D eigenvalue weighted by molar-refractivity contribution is -0.383. The van der Waals surface area contributed by atoms with Crippen LogP contribution in [0, 0.1) is 10.1 Å². The van der Waals surface area contributed by atoms with E-state index in [0.29, 0.717) is 17.1 Å². The van der Waals surface area contributed by atoms with Gasteiger partial charge in [0.25, 0.3) is 5.69 Å². The first-order valence-electron chi connectivity index (χ1n) is 6.85. The summed E-state index contributed by atoms with van der Waals surface area (Å²) in [6, 6.07) is 9.07. The second-order valence-electron chi connectivity index (χ2n) is 4.83. The molecule has 0 aliphatic carbocycles. The van der Waals surface area contributed by atoms with E-state index >= 15 is 0 Å². The van der Waals surface area contributed by atoms with Gasteiger partial charge in [-0.15, -0.1) is 0 Å². The Hall–Kier alpha value is -3.06. The Balaban J connectivity index is 1.73. The number of hydrogen-bond acceptors (Lipinski definition) is 6. The van der Waals surface area contributed by atoms with Gasteiger partial charge in [0, 0.05) is 28.9 Å². The fourth-order valence-electron chi connectivity index (χ4n) is 2.13. The second kappa shape index (κ2) is 6.59. The normalized spacial score (nSPS) is 12.4. The van der Waals surface area contributed by atoms with Crippen LogP contribution in [-0.4, -0.2) is 17.5 Å². The Morgan fingerprint density at radius 1 is 1.21 bits per heavy atom. The van der Waals surface area contributed by atoms with Gasteiger partial charge in [0.2, 0.25) is 6.79 Å². The lowest BCUT2D eigenvalue weighted by Gasteiger charge is -2.03. The molecule has 3 rings (SSSR count). The molecule has 1 aliphatic heterocycles. The largest absolute Gasteiger partial charge is 0.454 e. The van der Waals surface area contributed by atoms with E-state index in [1.165, 1.54) is 30.5 Å². The van der Waals surface area contributed by atoms with Crippen LogP contribution in [0.2, 0.25) is 5.02 Å². The number of allylic oxidation sites excluding steroid dienone is 1. The van der Waals surface area contributed by atoms with Gasteiger partial charge in [-0.3, -0.25) is 14.9 Å². The van der Waals surface area contributed by atoms with Crippen molar-refractivity contribution in [3.8, 4) is 11.5 Å². The minimum Gasteiger partial charge on any atom is -0.454 e. The molecule has 0 fully saturated rings. The van der Waals surface area contributed by atoms with E-state index in [-0.39, 0.29) is 29.0 Å². The van der Waals surface area contributed by atoms with Crippen molar-refractivity contribution in [2.45, 2.75) is 0 Å². The number of rotatable bonds is 5. The van der Waals surface area contributed by atoms with Crippen LogP contribution in [0.5, 0.6) is 11.5 Å². The maximum Gasteiger partial charge on any atom is 0.294 e. The molecule has 1 N–H and O–H groups in total. The number of nitrogens with zero attached hydrogens (tertiary/aromatic N) is 1. The van der Waals surface area contributed by atoms with E-state index < -0.39 is 4.92 Å². The summed E-state index contributed by atoms with van der Waals surface area (Å²) in [5.74, 6) is 0.818. The van der Waals surface area contributed by atoms with Crippen molar-refractivity contribution in [2.24, 2.45) is 0 Å². The van der Waals surface area contributed by atoms with E-state index in [1.54, 1.807) is 18.2 Å². The minimum absolute atomic E-state index is 0.130. The van der Waals surface area contributed by atoms with Crippen LogP contribution in [0.15, 0.2) is 48.7 Å². The van der Waals surface area contributed by atoms with E-state index in [4.69, 9.17) is 21.1 Å². The van der Waals surface area contributed by atoms with Gasteiger partial charge in [-0.2, -0.15) is 0 Å². The summed E-state index contributed by atoms with van der Waals surface area (Å²) in [5.41, 5.74) is 0.477. The van der Waals surface area contributed by atoms with E-state index in [2.05, 4.69) is 5.32 Å². The molecule has 1 heterocycles. The smallest absolute Gasteiger partial charge is 0.294 e. The third-order valence-corrected chi connectivity index (χ3v) is 3.52. The van der Waals surface area contributed by atoms with Crippen molar-refractivity contribution in [2.75, 3.05) is 12.1 Å². The Morgan fingerprint density at radius 3 is 2.79 bits per heavy atom. The average molecular weight is 347 g/mol. The van der Waals surface area contributed by atoms with Crippen molar-refractivity contribution in [3.63, 3.8) is 0 Å². The number of benzene rings is 2. The molecule has 8 heteroatoms. The predicted molar refractivity (Wildman–Crippen MR) is 87.8 cm³/mol. The zero-order chi connectivity index (χ0) is 17.1. The Morgan fingerprint density at radius 2 is 2.00 bits per heavy atom. The molecule has 1 aliphatic rings. The molecule has 2 aromatic carbocycles. The lowest BCUT2D eigenvalue weighted by Crippen LogP contribution is -1.98. The summed E-state index contributed by atoms with van der Waals surface area (Å²) in [7, 11) is 0. The molecule has 0 radical (unpaired) electrons. The number of carbonyl (C=O) groups is 1. The Kier molecular flexibility index (Phi) is 4.35. The zero-order valence-corrected chi connectivity index (χ0v) is 12.9. The fourth-order valence-corrected chi connectivity index (χ4v) is 2.30. The van der Waals surface area contributed by atoms with Gasteiger partial charge in [-0.25, -0.2) is 0 Å². The second-order valence-corrected chi connectivity index (χ2v) is 5.26. The molecule has 24 heavy (non-hydrogen) atoms. The third-order valence-electron chi connectivity index (χ3n) is 3.29. The molecule has 0 spiro atoms. The standard InChI is InChI=1S/C16H11ClN2O5/c17-11-2-3-12(13(8-11)19(21)22)18-6-5-14(20)10-1-4-15-16(7-10)24-9-23-15/h1-8,18H,9H2/b6-5-. The average Bonchev–Trinajstić information content (AvgIpc) is 3.03. The van der Waals surface area contributed by atoms with E-state index in [0.717, 1.165) is 0 Å². The van der Waals surface area contributed by atoms with Crippen LogP contribution in [0.3, 0.4) is 0 Å². The molecular formula is C16H11ClN2O5. The number of carbonyl (C=O) groups excluding carboxylic acids is 1. The molecular weight excluding hydrogens is 336 g/mol. The summed E-state index contributed by atoms with van der Waals surface area (Å²) in [6.07, 6.45) is 2.61. The van der Waals surface area contributed by atoms with Crippen LogP contribution < -0.4 is 14.8 Å². The topological polar surface area (TPSA) is 90.7 Å². The third kappa shape index (κ3) is 3.31. The molecule has 7 nitrogen and oxygen atoms in total. The summed E-state index contributed by atoms with van der Waals surface area (Å²) in [5, 5.41) is 14.0. The highest BCUT2D eigenvalue weighted by Gasteiger charge is 2.16.